The van der Waals surface area contributed by atoms with Crippen molar-refractivity contribution < 1.29 is 24.5 Å². The number of methoxy groups -OCH3 is 1. The summed E-state index contributed by atoms with van der Waals surface area (Å²) >= 11 is 0. The molecule has 2 N–H and O–H groups in total. The molecule has 1 aliphatic heterocycles. The van der Waals surface area contributed by atoms with Crippen molar-refractivity contribution in [2.75, 3.05) is 33.3 Å². The first-order chi connectivity index (χ1) is 13.0. The molecule has 0 aromatic heterocycles. The van der Waals surface area contributed by atoms with Crippen molar-refractivity contribution in [1.82, 2.24) is 9.80 Å². The molecule has 1 aliphatic carbocycles. The summed E-state index contributed by atoms with van der Waals surface area (Å²) in [7, 11) is 1.76. The number of nitrogens with zero attached hydrogens (tertiary/aromatic N) is 2. The Morgan fingerprint density at radius 1 is 1.00 bits per heavy atom. The molecule has 1 saturated heterocycles. The maximum atomic E-state index is 9.10. The van der Waals surface area contributed by atoms with Crippen LogP contribution in [0.2, 0.25) is 0 Å². The van der Waals surface area contributed by atoms with Gasteiger partial charge in [0.05, 0.1) is 7.11 Å². The molecule has 0 atom stereocenters. The Morgan fingerprint density at radius 3 is 2.15 bits per heavy atom. The van der Waals surface area contributed by atoms with Gasteiger partial charge in [-0.05, 0) is 18.9 Å². The molecule has 1 aromatic rings. The number of rotatable bonds is 4. The fraction of sp³-hybridized carbons (Fsp3) is 0.600. The highest BCUT2D eigenvalue weighted by atomic mass is 16.5. The number of aliphatic carboxylic acids is 2. The zero-order valence-corrected chi connectivity index (χ0v) is 16.0. The number of carboxylic acid groups (broad SMARTS) is 2. The van der Waals surface area contributed by atoms with E-state index in [1.165, 1.54) is 63.8 Å². The van der Waals surface area contributed by atoms with E-state index in [0.717, 1.165) is 18.3 Å². The molecule has 0 bridgehead atoms. The number of carboxylic acids is 2. The molecule has 150 valence electrons. The van der Waals surface area contributed by atoms with Gasteiger partial charge in [0, 0.05) is 44.3 Å². The maximum Gasteiger partial charge on any atom is 0.414 e. The molecule has 2 fully saturated rings. The van der Waals surface area contributed by atoms with Gasteiger partial charge in [-0.1, -0.05) is 37.5 Å². The number of hydrogen-bond acceptors (Lipinski definition) is 5. The number of hydrogen-bond donors (Lipinski definition) is 2. The summed E-state index contributed by atoms with van der Waals surface area (Å²) in [5.41, 5.74) is 1.31. The smallest absolute Gasteiger partial charge is 0.414 e. The molecule has 2 aliphatic rings. The first kappa shape index (κ1) is 21.2. The van der Waals surface area contributed by atoms with E-state index in [2.05, 4.69) is 28.0 Å². The van der Waals surface area contributed by atoms with E-state index in [0.29, 0.717) is 0 Å². The SMILES string of the molecule is COc1ccccc1CN1CCN(C2CCCCC2)CC1.O=C(O)C(=O)O. The molecule has 3 rings (SSSR count). The minimum absolute atomic E-state index is 0.868. The third-order valence-corrected chi connectivity index (χ3v) is 5.27. The van der Waals surface area contributed by atoms with Crippen LogP contribution in [0.25, 0.3) is 0 Å². The topological polar surface area (TPSA) is 90.3 Å². The van der Waals surface area contributed by atoms with E-state index in [-0.39, 0.29) is 0 Å². The van der Waals surface area contributed by atoms with Crippen molar-refractivity contribution in [3.8, 4) is 5.75 Å². The van der Waals surface area contributed by atoms with Gasteiger partial charge in [0.1, 0.15) is 5.75 Å². The number of carbonyl (C=O) groups is 2. The highest BCUT2D eigenvalue weighted by Crippen LogP contribution is 2.24. The highest BCUT2D eigenvalue weighted by molar-refractivity contribution is 6.27. The Morgan fingerprint density at radius 2 is 1.59 bits per heavy atom. The van der Waals surface area contributed by atoms with Crippen LogP contribution in [0.3, 0.4) is 0 Å². The molecule has 0 spiro atoms. The van der Waals surface area contributed by atoms with Crippen LogP contribution < -0.4 is 4.74 Å². The van der Waals surface area contributed by atoms with Crippen LogP contribution in [0.1, 0.15) is 37.7 Å². The second kappa shape index (κ2) is 10.9. The average Bonchev–Trinajstić information content (AvgIpc) is 2.70. The minimum Gasteiger partial charge on any atom is -0.496 e. The fourth-order valence-electron chi connectivity index (χ4n) is 3.81. The van der Waals surface area contributed by atoms with Crippen LogP contribution in [0.15, 0.2) is 24.3 Å². The number of benzene rings is 1. The molecule has 0 radical (unpaired) electrons. The Hall–Kier alpha value is -2.12. The largest absolute Gasteiger partial charge is 0.496 e. The van der Waals surface area contributed by atoms with Gasteiger partial charge >= 0.3 is 11.9 Å². The molecule has 27 heavy (non-hydrogen) atoms. The van der Waals surface area contributed by atoms with E-state index in [1.54, 1.807) is 7.11 Å². The summed E-state index contributed by atoms with van der Waals surface area (Å²) in [5, 5.41) is 14.8. The lowest BCUT2D eigenvalue weighted by molar-refractivity contribution is -0.159. The standard InChI is InChI=1S/C18H28N2O.C2H2O4/c1-21-18-10-6-5-7-16(18)15-19-11-13-20(14-12-19)17-8-3-2-4-9-17;3-1(4)2(5)6/h5-7,10,17H,2-4,8-9,11-15H2,1H3;(H,3,4)(H,5,6). The van der Waals surface area contributed by atoms with Crippen molar-refractivity contribution >= 4 is 11.9 Å². The third kappa shape index (κ3) is 6.84. The number of piperazine rings is 1. The summed E-state index contributed by atoms with van der Waals surface area (Å²) in [4.78, 5) is 23.5. The quantitative estimate of drug-likeness (QED) is 0.777. The molecule has 1 heterocycles. The summed E-state index contributed by atoms with van der Waals surface area (Å²) in [6, 6.07) is 9.27. The van der Waals surface area contributed by atoms with Gasteiger partial charge in [0.2, 0.25) is 0 Å². The van der Waals surface area contributed by atoms with E-state index in [1.807, 2.05) is 6.07 Å². The second-order valence-corrected chi connectivity index (χ2v) is 7.03. The van der Waals surface area contributed by atoms with Crippen molar-refractivity contribution in [2.45, 2.75) is 44.7 Å². The van der Waals surface area contributed by atoms with Gasteiger partial charge in [-0.3, -0.25) is 9.80 Å². The monoisotopic (exact) mass is 378 g/mol. The molecule has 0 amide bonds. The maximum absolute atomic E-state index is 9.10. The zero-order valence-electron chi connectivity index (χ0n) is 16.0. The molecule has 7 nitrogen and oxygen atoms in total. The second-order valence-electron chi connectivity index (χ2n) is 7.03. The lowest BCUT2D eigenvalue weighted by Gasteiger charge is -2.40. The molecule has 1 saturated carbocycles. The zero-order chi connectivity index (χ0) is 19.6. The first-order valence-corrected chi connectivity index (χ1v) is 9.55. The van der Waals surface area contributed by atoms with Crippen LogP contribution in [-0.2, 0) is 16.1 Å². The minimum atomic E-state index is -1.82. The Labute approximate surface area is 160 Å². The number of ether oxygens (including phenoxy) is 1. The molecule has 0 unspecified atom stereocenters. The van der Waals surface area contributed by atoms with Crippen molar-refractivity contribution in [2.24, 2.45) is 0 Å². The Balaban J connectivity index is 0.000000380. The highest BCUT2D eigenvalue weighted by Gasteiger charge is 2.25. The predicted molar refractivity (Wildman–Crippen MR) is 102 cm³/mol. The average molecular weight is 378 g/mol. The molecule has 1 aromatic carbocycles. The van der Waals surface area contributed by atoms with E-state index >= 15 is 0 Å². The van der Waals surface area contributed by atoms with E-state index in [9.17, 15) is 0 Å². The molecule has 7 heteroatoms. The van der Waals surface area contributed by atoms with Crippen LogP contribution in [0.4, 0.5) is 0 Å². The van der Waals surface area contributed by atoms with Crippen molar-refractivity contribution in [1.29, 1.82) is 0 Å². The fourth-order valence-corrected chi connectivity index (χ4v) is 3.81. The van der Waals surface area contributed by atoms with Crippen molar-refractivity contribution in [3.05, 3.63) is 29.8 Å². The summed E-state index contributed by atoms with van der Waals surface area (Å²) < 4.78 is 5.47. The van der Waals surface area contributed by atoms with Crippen LogP contribution in [-0.4, -0.2) is 71.3 Å². The van der Waals surface area contributed by atoms with Gasteiger partial charge < -0.3 is 14.9 Å². The molecular formula is C20H30N2O5. The summed E-state index contributed by atoms with van der Waals surface area (Å²) in [6.07, 6.45) is 7.17. The van der Waals surface area contributed by atoms with E-state index < -0.39 is 11.9 Å². The van der Waals surface area contributed by atoms with Crippen LogP contribution in [0.5, 0.6) is 5.75 Å². The van der Waals surface area contributed by atoms with Gasteiger partial charge in [0.25, 0.3) is 0 Å². The van der Waals surface area contributed by atoms with Crippen LogP contribution in [0, 0.1) is 0 Å². The Kier molecular flexibility index (Phi) is 8.54. The van der Waals surface area contributed by atoms with Gasteiger partial charge in [-0.2, -0.15) is 0 Å². The van der Waals surface area contributed by atoms with Crippen molar-refractivity contribution in [3.63, 3.8) is 0 Å². The first-order valence-electron chi connectivity index (χ1n) is 9.55. The normalized spacial score (nSPS) is 19.0. The lowest BCUT2D eigenvalue weighted by Crippen LogP contribution is -2.50. The Bertz CT molecular complexity index is 596. The van der Waals surface area contributed by atoms with E-state index in [4.69, 9.17) is 24.5 Å². The van der Waals surface area contributed by atoms with Gasteiger partial charge in [-0.15, -0.1) is 0 Å². The van der Waals surface area contributed by atoms with Crippen LogP contribution >= 0.6 is 0 Å². The number of para-hydroxylation sites is 1. The third-order valence-electron chi connectivity index (χ3n) is 5.27. The lowest BCUT2D eigenvalue weighted by atomic mass is 9.94. The van der Waals surface area contributed by atoms with Gasteiger partial charge in [0.15, 0.2) is 0 Å². The molecular weight excluding hydrogens is 348 g/mol. The van der Waals surface area contributed by atoms with Gasteiger partial charge in [-0.25, -0.2) is 9.59 Å². The predicted octanol–water partition coefficient (Wildman–Crippen LogP) is 2.30. The summed E-state index contributed by atoms with van der Waals surface area (Å²) in [6.45, 7) is 5.87. The summed E-state index contributed by atoms with van der Waals surface area (Å²) in [5.74, 6) is -2.63.